The number of hydrogen-bond donors (Lipinski definition) is 2. The number of rotatable bonds is 4. The Morgan fingerprint density at radius 1 is 1.07 bits per heavy atom. The molecule has 2 N–H and O–H groups in total. The van der Waals surface area contributed by atoms with Crippen molar-refractivity contribution >= 4 is 23.5 Å². The molecule has 2 aromatic rings. The Bertz CT molecular complexity index is 906. The van der Waals surface area contributed by atoms with Crippen LogP contribution in [-0.4, -0.2) is 66.0 Å². The third kappa shape index (κ3) is 4.54. The number of amides is 2. The second-order valence-corrected chi connectivity index (χ2v) is 7.74. The number of nitrogens with one attached hydrogen (secondary N) is 2. The van der Waals surface area contributed by atoms with Gasteiger partial charge in [-0.3, -0.25) is 14.9 Å². The lowest BCUT2D eigenvalue weighted by atomic mass is 10.1. The number of nitrogens with zero attached hydrogens (tertiary/aromatic N) is 4. The van der Waals surface area contributed by atoms with Crippen molar-refractivity contribution in [3.8, 4) is 11.4 Å². The number of carbonyl (C=O) groups is 2. The summed E-state index contributed by atoms with van der Waals surface area (Å²) in [5, 5.41) is 5.59. The fraction of sp³-hybridized carbons (Fsp3) is 0.429. The molecule has 4 rings (SSSR count). The van der Waals surface area contributed by atoms with Crippen LogP contribution in [0.25, 0.3) is 11.4 Å². The molecular formula is C21H26N6O2. The molecule has 0 saturated carbocycles. The predicted octanol–water partition coefficient (Wildman–Crippen LogP) is 1.42. The number of aryl methyl sites for hydroxylation is 1. The van der Waals surface area contributed by atoms with E-state index in [1.54, 1.807) is 0 Å². The van der Waals surface area contributed by atoms with E-state index in [-0.39, 0.29) is 11.8 Å². The predicted molar refractivity (Wildman–Crippen MR) is 112 cm³/mol. The van der Waals surface area contributed by atoms with E-state index in [1.165, 1.54) is 5.56 Å². The molecular weight excluding hydrogens is 368 g/mol. The highest BCUT2D eigenvalue weighted by molar-refractivity contribution is 6.01. The molecule has 1 unspecified atom stereocenters. The lowest BCUT2D eigenvalue weighted by molar-refractivity contribution is -0.133. The van der Waals surface area contributed by atoms with Gasteiger partial charge in [0.1, 0.15) is 17.7 Å². The fourth-order valence-electron chi connectivity index (χ4n) is 3.55. The van der Waals surface area contributed by atoms with E-state index in [2.05, 4.69) is 32.5 Å². The molecule has 8 heteroatoms. The highest BCUT2D eigenvalue weighted by Gasteiger charge is 2.27. The Morgan fingerprint density at radius 2 is 1.79 bits per heavy atom. The number of piperazine rings is 1. The van der Waals surface area contributed by atoms with Crippen LogP contribution in [0, 0.1) is 6.92 Å². The molecule has 29 heavy (non-hydrogen) atoms. The summed E-state index contributed by atoms with van der Waals surface area (Å²) < 4.78 is 0. The lowest BCUT2D eigenvalue weighted by Crippen LogP contribution is -2.47. The minimum absolute atomic E-state index is 0.228. The van der Waals surface area contributed by atoms with E-state index in [4.69, 9.17) is 4.98 Å². The number of likely N-dealkylation sites (N-methyl/N-ethyl adjacent to an activating group) is 1. The Labute approximate surface area is 170 Å². The van der Waals surface area contributed by atoms with E-state index in [1.807, 2.05) is 37.3 Å². The largest absolute Gasteiger partial charge is 0.358 e. The summed E-state index contributed by atoms with van der Waals surface area (Å²) in [7, 11) is 2.12. The van der Waals surface area contributed by atoms with Gasteiger partial charge in [0, 0.05) is 44.2 Å². The molecule has 1 atom stereocenters. The molecule has 0 aliphatic carbocycles. The normalized spacial score (nSPS) is 20.5. The average molecular weight is 394 g/mol. The Balaban J connectivity index is 1.65. The highest BCUT2D eigenvalue weighted by Crippen LogP contribution is 2.25. The molecule has 2 aliphatic heterocycles. The first-order valence-electron chi connectivity index (χ1n) is 9.98. The quantitative estimate of drug-likeness (QED) is 0.758. The fourth-order valence-corrected chi connectivity index (χ4v) is 3.55. The van der Waals surface area contributed by atoms with Gasteiger partial charge in [-0.15, -0.1) is 0 Å². The summed E-state index contributed by atoms with van der Waals surface area (Å²) in [6.45, 7) is 5.76. The van der Waals surface area contributed by atoms with Crippen molar-refractivity contribution in [2.45, 2.75) is 25.8 Å². The zero-order valence-electron chi connectivity index (χ0n) is 16.8. The smallest absolute Gasteiger partial charge is 0.249 e. The van der Waals surface area contributed by atoms with Gasteiger partial charge in [0.2, 0.25) is 11.8 Å². The van der Waals surface area contributed by atoms with Crippen LogP contribution in [0.1, 0.15) is 18.4 Å². The minimum Gasteiger partial charge on any atom is -0.358 e. The SMILES string of the molecule is Cc1ccc(-c2nc(NC3CCC(=O)NC3=O)cc(N3CCN(C)CC3)n2)cc1. The van der Waals surface area contributed by atoms with Crippen LogP contribution in [0.5, 0.6) is 0 Å². The third-order valence-corrected chi connectivity index (χ3v) is 5.41. The molecule has 2 saturated heterocycles. The molecule has 0 bridgehead atoms. The maximum absolute atomic E-state index is 12.2. The first kappa shape index (κ1) is 19.3. The Hall–Kier alpha value is -3.00. The Morgan fingerprint density at radius 3 is 2.48 bits per heavy atom. The van der Waals surface area contributed by atoms with Crippen LogP contribution in [0.4, 0.5) is 11.6 Å². The van der Waals surface area contributed by atoms with Gasteiger partial charge < -0.3 is 15.1 Å². The van der Waals surface area contributed by atoms with Gasteiger partial charge in [-0.2, -0.15) is 0 Å². The summed E-state index contributed by atoms with van der Waals surface area (Å²) in [6.07, 6.45) is 0.781. The summed E-state index contributed by atoms with van der Waals surface area (Å²) in [5.74, 6) is 1.53. The number of aromatic nitrogens is 2. The van der Waals surface area contributed by atoms with Gasteiger partial charge in [0.25, 0.3) is 0 Å². The number of piperidine rings is 1. The van der Waals surface area contributed by atoms with Gasteiger partial charge in [0.15, 0.2) is 5.82 Å². The van der Waals surface area contributed by atoms with Crippen LogP contribution in [0.3, 0.4) is 0 Å². The van der Waals surface area contributed by atoms with Gasteiger partial charge >= 0.3 is 0 Å². The first-order valence-corrected chi connectivity index (χ1v) is 9.98. The second-order valence-electron chi connectivity index (χ2n) is 7.74. The Kier molecular flexibility index (Phi) is 5.44. The van der Waals surface area contributed by atoms with E-state index >= 15 is 0 Å². The number of benzene rings is 1. The lowest BCUT2D eigenvalue weighted by Gasteiger charge is -2.33. The van der Waals surface area contributed by atoms with Crippen molar-refractivity contribution in [1.29, 1.82) is 0 Å². The molecule has 1 aromatic heterocycles. The van der Waals surface area contributed by atoms with Crippen molar-refractivity contribution < 1.29 is 9.59 Å². The van der Waals surface area contributed by atoms with E-state index in [0.717, 1.165) is 37.6 Å². The zero-order valence-corrected chi connectivity index (χ0v) is 16.8. The van der Waals surface area contributed by atoms with E-state index in [0.29, 0.717) is 24.5 Å². The van der Waals surface area contributed by atoms with Crippen molar-refractivity contribution in [2.24, 2.45) is 0 Å². The summed E-state index contributed by atoms with van der Waals surface area (Å²) in [6, 6.07) is 9.51. The standard InChI is InChI=1S/C21H26N6O2/c1-14-3-5-15(6-4-14)20-23-17(22-16-7-8-19(28)25-21(16)29)13-18(24-20)27-11-9-26(2)10-12-27/h3-6,13,16H,7-12H2,1-2H3,(H,22,23,24)(H,25,28,29). The first-order chi connectivity index (χ1) is 14.0. The molecule has 1 aromatic carbocycles. The van der Waals surface area contributed by atoms with E-state index < -0.39 is 6.04 Å². The number of anilines is 2. The molecule has 0 radical (unpaired) electrons. The third-order valence-electron chi connectivity index (χ3n) is 5.41. The topological polar surface area (TPSA) is 90.5 Å². The maximum Gasteiger partial charge on any atom is 0.249 e. The zero-order chi connectivity index (χ0) is 20.4. The molecule has 8 nitrogen and oxygen atoms in total. The van der Waals surface area contributed by atoms with Crippen LogP contribution >= 0.6 is 0 Å². The molecule has 0 spiro atoms. The maximum atomic E-state index is 12.2. The van der Waals surface area contributed by atoms with Crippen LogP contribution < -0.4 is 15.5 Å². The van der Waals surface area contributed by atoms with Crippen molar-refractivity contribution in [3.63, 3.8) is 0 Å². The van der Waals surface area contributed by atoms with Gasteiger partial charge in [-0.05, 0) is 20.4 Å². The monoisotopic (exact) mass is 394 g/mol. The highest BCUT2D eigenvalue weighted by atomic mass is 16.2. The van der Waals surface area contributed by atoms with Gasteiger partial charge in [0.05, 0.1) is 0 Å². The number of imide groups is 1. The van der Waals surface area contributed by atoms with Gasteiger partial charge in [-0.1, -0.05) is 29.8 Å². The molecule has 2 amide bonds. The van der Waals surface area contributed by atoms with Crippen molar-refractivity contribution in [3.05, 3.63) is 35.9 Å². The van der Waals surface area contributed by atoms with Crippen LogP contribution in [0.2, 0.25) is 0 Å². The van der Waals surface area contributed by atoms with Crippen LogP contribution in [0.15, 0.2) is 30.3 Å². The number of hydrogen-bond acceptors (Lipinski definition) is 7. The van der Waals surface area contributed by atoms with Crippen molar-refractivity contribution in [2.75, 3.05) is 43.4 Å². The summed E-state index contributed by atoms with van der Waals surface area (Å²) in [5.41, 5.74) is 2.10. The second kappa shape index (κ2) is 8.16. The van der Waals surface area contributed by atoms with Gasteiger partial charge in [-0.25, -0.2) is 9.97 Å². The van der Waals surface area contributed by atoms with E-state index in [9.17, 15) is 9.59 Å². The van der Waals surface area contributed by atoms with Crippen molar-refractivity contribution in [1.82, 2.24) is 20.2 Å². The molecule has 152 valence electrons. The summed E-state index contributed by atoms with van der Waals surface area (Å²) >= 11 is 0. The van der Waals surface area contributed by atoms with Crippen LogP contribution in [-0.2, 0) is 9.59 Å². The molecule has 3 heterocycles. The summed E-state index contributed by atoms with van der Waals surface area (Å²) in [4.78, 5) is 37.6. The molecule has 2 aliphatic rings. The minimum atomic E-state index is -0.478. The molecule has 2 fully saturated rings. The average Bonchev–Trinajstić information content (AvgIpc) is 2.71. The number of carbonyl (C=O) groups excluding carboxylic acids is 2.